The highest BCUT2D eigenvalue weighted by molar-refractivity contribution is 5.94. The number of aromatic nitrogens is 2. The van der Waals surface area contributed by atoms with E-state index < -0.39 is 11.9 Å². The van der Waals surface area contributed by atoms with Gasteiger partial charge in [0.2, 0.25) is 0 Å². The zero-order chi connectivity index (χ0) is 20.4. The minimum absolute atomic E-state index is 0.194. The summed E-state index contributed by atoms with van der Waals surface area (Å²) in [7, 11) is 0. The number of fused-ring (bicyclic) bond motifs is 1. The molecule has 0 saturated carbocycles. The van der Waals surface area contributed by atoms with Crippen molar-refractivity contribution in [3.63, 3.8) is 0 Å². The van der Waals surface area contributed by atoms with E-state index in [2.05, 4.69) is 10.1 Å². The van der Waals surface area contributed by atoms with Gasteiger partial charge in [-0.05, 0) is 48.0 Å². The third-order valence-electron chi connectivity index (χ3n) is 4.43. The molecular formula is C22H15F4N3. The molecular weight excluding hydrogens is 382 g/mol. The van der Waals surface area contributed by atoms with E-state index in [1.807, 2.05) is 0 Å². The van der Waals surface area contributed by atoms with E-state index in [9.17, 15) is 17.6 Å². The zero-order valence-electron chi connectivity index (χ0n) is 15.1. The van der Waals surface area contributed by atoms with Crippen LogP contribution in [0.5, 0.6) is 0 Å². The second-order valence-electron chi connectivity index (χ2n) is 6.49. The number of hydrogen-bond acceptors (Lipinski definition) is 2. The normalized spacial score (nSPS) is 12.5. The highest BCUT2D eigenvalue weighted by Crippen LogP contribution is 2.27. The van der Waals surface area contributed by atoms with E-state index in [0.29, 0.717) is 22.2 Å². The molecule has 0 bridgehead atoms. The molecule has 0 saturated heterocycles. The Morgan fingerprint density at radius 2 is 1.66 bits per heavy atom. The molecule has 3 nitrogen and oxygen atoms in total. The summed E-state index contributed by atoms with van der Waals surface area (Å²) in [5.41, 5.74) is 1.20. The molecule has 0 atom stereocenters. The van der Waals surface area contributed by atoms with Crippen molar-refractivity contribution in [1.29, 1.82) is 0 Å². The SMILES string of the molecule is Fc1ccc(-n2ncc3cc(N=C(Cc4ccccc4)C(F)(F)F)ccc32)cc1. The molecule has 0 N–H and O–H groups in total. The monoisotopic (exact) mass is 397 g/mol. The molecule has 0 unspecified atom stereocenters. The first-order chi connectivity index (χ1) is 13.9. The number of nitrogens with zero attached hydrogens (tertiary/aromatic N) is 3. The molecule has 4 aromatic rings. The average molecular weight is 397 g/mol. The Balaban J connectivity index is 1.70. The Morgan fingerprint density at radius 3 is 2.34 bits per heavy atom. The fourth-order valence-electron chi connectivity index (χ4n) is 3.03. The minimum Gasteiger partial charge on any atom is -0.248 e. The van der Waals surface area contributed by atoms with Crippen LogP contribution in [0.3, 0.4) is 0 Å². The Labute approximate surface area is 163 Å². The van der Waals surface area contributed by atoms with E-state index in [1.165, 1.54) is 18.2 Å². The molecule has 0 radical (unpaired) electrons. The summed E-state index contributed by atoms with van der Waals surface area (Å²) in [4.78, 5) is 3.87. The van der Waals surface area contributed by atoms with E-state index in [-0.39, 0.29) is 17.9 Å². The van der Waals surface area contributed by atoms with Gasteiger partial charge < -0.3 is 0 Å². The van der Waals surface area contributed by atoms with Crippen LogP contribution in [0.15, 0.2) is 84.0 Å². The molecule has 29 heavy (non-hydrogen) atoms. The Morgan fingerprint density at radius 1 is 0.931 bits per heavy atom. The number of rotatable bonds is 4. The smallest absolute Gasteiger partial charge is 0.248 e. The summed E-state index contributed by atoms with van der Waals surface area (Å²) in [6, 6.07) is 18.9. The summed E-state index contributed by atoms with van der Waals surface area (Å²) in [6.07, 6.45) is -3.30. The molecule has 0 aliphatic heterocycles. The van der Waals surface area contributed by atoms with Gasteiger partial charge in [-0.15, -0.1) is 0 Å². The van der Waals surface area contributed by atoms with E-state index in [0.717, 1.165) is 0 Å². The van der Waals surface area contributed by atoms with Gasteiger partial charge in [0, 0.05) is 11.8 Å². The first-order valence-electron chi connectivity index (χ1n) is 8.82. The number of alkyl halides is 3. The van der Waals surface area contributed by atoms with Crippen LogP contribution in [0.1, 0.15) is 5.56 Å². The van der Waals surface area contributed by atoms with Crippen molar-refractivity contribution >= 4 is 22.3 Å². The lowest BCUT2D eigenvalue weighted by Crippen LogP contribution is -2.24. The number of halogens is 4. The lowest BCUT2D eigenvalue weighted by molar-refractivity contribution is -0.0600. The average Bonchev–Trinajstić information content (AvgIpc) is 3.11. The molecule has 0 aliphatic rings. The third-order valence-corrected chi connectivity index (χ3v) is 4.43. The molecule has 4 rings (SSSR count). The third kappa shape index (κ3) is 4.18. The van der Waals surface area contributed by atoms with E-state index >= 15 is 0 Å². The van der Waals surface area contributed by atoms with Gasteiger partial charge >= 0.3 is 6.18 Å². The van der Waals surface area contributed by atoms with Crippen molar-refractivity contribution in [3.05, 3.63) is 90.4 Å². The first kappa shape index (κ1) is 18.9. The van der Waals surface area contributed by atoms with Crippen LogP contribution in [0.25, 0.3) is 16.6 Å². The molecule has 0 fully saturated rings. The first-order valence-corrected chi connectivity index (χ1v) is 8.82. The molecule has 0 spiro atoms. The molecule has 0 aliphatic carbocycles. The Hall–Kier alpha value is -3.48. The highest BCUT2D eigenvalue weighted by Gasteiger charge is 2.35. The quantitative estimate of drug-likeness (QED) is 0.305. The second-order valence-corrected chi connectivity index (χ2v) is 6.49. The fraction of sp³-hybridized carbons (Fsp3) is 0.0909. The van der Waals surface area contributed by atoms with Gasteiger partial charge in [0.25, 0.3) is 0 Å². The van der Waals surface area contributed by atoms with Crippen LogP contribution < -0.4 is 0 Å². The zero-order valence-corrected chi connectivity index (χ0v) is 15.1. The molecule has 146 valence electrons. The Bertz CT molecular complexity index is 1160. The minimum atomic E-state index is -4.54. The van der Waals surface area contributed by atoms with Crippen LogP contribution >= 0.6 is 0 Å². The van der Waals surface area contributed by atoms with Gasteiger partial charge in [-0.25, -0.2) is 14.1 Å². The molecule has 7 heteroatoms. The molecule has 3 aromatic carbocycles. The molecule has 1 heterocycles. The van der Waals surface area contributed by atoms with Crippen LogP contribution in [-0.2, 0) is 6.42 Å². The maximum atomic E-state index is 13.5. The second kappa shape index (κ2) is 7.50. The predicted molar refractivity (Wildman–Crippen MR) is 104 cm³/mol. The fourth-order valence-corrected chi connectivity index (χ4v) is 3.03. The molecule has 0 amide bonds. The Kier molecular flexibility index (Phi) is 4.88. The lowest BCUT2D eigenvalue weighted by atomic mass is 10.1. The van der Waals surface area contributed by atoms with E-state index in [4.69, 9.17) is 0 Å². The summed E-state index contributed by atoms with van der Waals surface area (Å²) < 4.78 is 55.2. The number of benzene rings is 3. The van der Waals surface area contributed by atoms with Crippen molar-refractivity contribution in [2.24, 2.45) is 4.99 Å². The van der Waals surface area contributed by atoms with Gasteiger partial charge in [0.1, 0.15) is 11.5 Å². The largest absolute Gasteiger partial charge is 0.429 e. The predicted octanol–water partition coefficient (Wildman–Crippen LogP) is 6.04. The van der Waals surface area contributed by atoms with Crippen LogP contribution in [0, 0.1) is 5.82 Å². The van der Waals surface area contributed by atoms with Crippen molar-refractivity contribution < 1.29 is 17.6 Å². The van der Waals surface area contributed by atoms with Gasteiger partial charge in [0.15, 0.2) is 0 Å². The standard InChI is InChI=1S/C22H15F4N3/c23-17-6-9-19(10-7-17)29-20-11-8-18(13-16(20)14-27-29)28-21(22(24,25)26)12-15-4-2-1-3-5-15/h1-11,13-14H,12H2. The number of hydrogen-bond donors (Lipinski definition) is 0. The summed E-state index contributed by atoms with van der Waals surface area (Å²) in [6.45, 7) is 0. The van der Waals surface area contributed by atoms with Crippen LogP contribution in [-0.4, -0.2) is 21.7 Å². The maximum Gasteiger partial charge on any atom is 0.429 e. The number of aliphatic imine (C=N–C) groups is 1. The van der Waals surface area contributed by atoms with Crippen molar-refractivity contribution in [1.82, 2.24) is 9.78 Å². The van der Waals surface area contributed by atoms with Gasteiger partial charge in [-0.3, -0.25) is 0 Å². The van der Waals surface area contributed by atoms with Crippen LogP contribution in [0.2, 0.25) is 0 Å². The van der Waals surface area contributed by atoms with Crippen molar-refractivity contribution in [3.8, 4) is 5.69 Å². The van der Waals surface area contributed by atoms with Gasteiger partial charge in [0.05, 0.1) is 23.1 Å². The highest BCUT2D eigenvalue weighted by atomic mass is 19.4. The molecule has 1 aromatic heterocycles. The lowest BCUT2D eigenvalue weighted by Gasteiger charge is -2.11. The van der Waals surface area contributed by atoms with E-state index in [1.54, 1.807) is 65.5 Å². The maximum absolute atomic E-state index is 13.5. The van der Waals surface area contributed by atoms with Gasteiger partial charge in [-0.1, -0.05) is 30.3 Å². The summed E-state index contributed by atoms with van der Waals surface area (Å²) in [5.74, 6) is -0.361. The van der Waals surface area contributed by atoms with Crippen molar-refractivity contribution in [2.75, 3.05) is 0 Å². The van der Waals surface area contributed by atoms with Crippen LogP contribution in [0.4, 0.5) is 23.2 Å². The van der Waals surface area contributed by atoms with Crippen molar-refractivity contribution in [2.45, 2.75) is 12.6 Å². The van der Waals surface area contributed by atoms with Gasteiger partial charge in [-0.2, -0.15) is 18.3 Å². The summed E-state index contributed by atoms with van der Waals surface area (Å²) in [5, 5.41) is 4.89. The summed E-state index contributed by atoms with van der Waals surface area (Å²) >= 11 is 0. The topological polar surface area (TPSA) is 30.2 Å².